The van der Waals surface area contributed by atoms with E-state index in [9.17, 15) is 13.0 Å². The Bertz CT molecular complexity index is 884. The number of hydrogen-bond donors (Lipinski definition) is 2. The van der Waals surface area contributed by atoms with E-state index >= 15 is 0 Å². The number of rotatable bonds is 1. The quantitative estimate of drug-likeness (QED) is 0.523. The molecule has 7 heteroatoms. The molecule has 3 N–H and O–H groups in total. The minimum Gasteiger partial charge on any atom is -0.744 e. The molecule has 6 nitrogen and oxygen atoms in total. The molecule has 0 radical (unpaired) electrons. The molecular weight excluding hydrogens is 302 g/mol. The van der Waals surface area contributed by atoms with E-state index in [1.165, 1.54) is 12.1 Å². The first-order valence-corrected chi connectivity index (χ1v) is 7.94. The zero-order valence-corrected chi connectivity index (χ0v) is 13.1. The van der Waals surface area contributed by atoms with Crippen LogP contribution >= 0.6 is 0 Å². The van der Waals surface area contributed by atoms with Crippen LogP contribution in [-0.2, 0) is 17.2 Å². The van der Waals surface area contributed by atoms with Gasteiger partial charge in [-0.3, -0.25) is 5.73 Å². The number of anilines is 1. The van der Waals surface area contributed by atoms with Gasteiger partial charge in [-0.2, -0.15) is 4.68 Å². The third-order valence-electron chi connectivity index (χ3n) is 3.16. The van der Waals surface area contributed by atoms with Crippen LogP contribution in [0.5, 0.6) is 0 Å². The van der Waals surface area contributed by atoms with E-state index in [0.717, 1.165) is 22.3 Å². The van der Waals surface area contributed by atoms with Crippen molar-refractivity contribution in [3.63, 3.8) is 0 Å². The molecule has 0 aliphatic heterocycles. The lowest BCUT2D eigenvalue weighted by Gasteiger charge is -2.05. The Morgan fingerprint density at radius 3 is 2.23 bits per heavy atom. The molecule has 116 valence electrons. The lowest BCUT2D eigenvalue weighted by molar-refractivity contribution is -0.711. The van der Waals surface area contributed by atoms with Crippen LogP contribution in [0.25, 0.3) is 10.9 Å². The molecule has 0 fully saturated rings. The van der Waals surface area contributed by atoms with Crippen LogP contribution in [0.3, 0.4) is 0 Å². The van der Waals surface area contributed by atoms with E-state index in [1.807, 2.05) is 42.9 Å². The number of fused-ring (bicyclic) bond motifs is 1. The second-order valence-electron chi connectivity index (χ2n) is 4.87. The highest BCUT2D eigenvalue weighted by atomic mass is 32.2. The maximum atomic E-state index is 10.4. The lowest BCUT2D eigenvalue weighted by atomic mass is 10.2. The Kier molecular flexibility index (Phi) is 4.48. The van der Waals surface area contributed by atoms with Crippen molar-refractivity contribution in [2.24, 2.45) is 7.05 Å². The monoisotopic (exact) mass is 319 g/mol. The van der Waals surface area contributed by atoms with Crippen molar-refractivity contribution in [1.82, 2.24) is 5.10 Å². The molecule has 3 aromatic rings. The minimum absolute atomic E-state index is 0.178. The van der Waals surface area contributed by atoms with E-state index in [2.05, 4.69) is 5.10 Å². The molecule has 0 bridgehead atoms. The normalized spacial score (nSPS) is 11.0. The molecule has 0 aliphatic carbocycles. The standard InChI is InChI=1S/C8H9N3.C7H8O3S/c1-11-8(9)6-4-2-3-5-7(6)10-11;1-6-2-4-7(5-3-6)11(8,9)10/h2-5H,1H3,(H2,9,10);2-5H,1H3,(H,8,9,10). The summed E-state index contributed by atoms with van der Waals surface area (Å²) >= 11 is 0. The number of aryl methyl sites for hydroxylation is 2. The van der Waals surface area contributed by atoms with Gasteiger partial charge in [0.25, 0.3) is 5.82 Å². The Labute approximate surface area is 128 Å². The Balaban J connectivity index is 0.000000160. The molecule has 0 unspecified atom stereocenters. The van der Waals surface area contributed by atoms with Crippen LogP contribution in [0.1, 0.15) is 5.56 Å². The number of aromatic nitrogens is 2. The first kappa shape index (κ1) is 16.0. The third kappa shape index (κ3) is 3.63. The topological polar surface area (TPSA) is 103 Å². The van der Waals surface area contributed by atoms with E-state index in [0.29, 0.717) is 0 Å². The fraction of sp³-hybridized carbons (Fsp3) is 0.133. The maximum Gasteiger partial charge on any atom is 0.300 e. The average molecular weight is 319 g/mol. The van der Waals surface area contributed by atoms with Crippen molar-refractivity contribution >= 4 is 26.8 Å². The molecule has 1 heterocycles. The highest BCUT2D eigenvalue weighted by molar-refractivity contribution is 7.85. The fourth-order valence-electron chi connectivity index (χ4n) is 1.93. The van der Waals surface area contributed by atoms with Crippen molar-refractivity contribution < 1.29 is 17.7 Å². The second kappa shape index (κ2) is 6.17. The van der Waals surface area contributed by atoms with Gasteiger partial charge in [0.15, 0.2) is 0 Å². The Morgan fingerprint density at radius 2 is 1.68 bits per heavy atom. The van der Waals surface area contributed by atoms with Gasteiger partial charge in [-0.15, -0.1) is 0 Å². The lowest BCUT2D eigenvalue weighted by Crippen LogP contribution is -2.32. The van der Waals surface area contributed by atoms with Crippen LogP contribution in [0.4, 0.5) is 5.82 Å². The summed E-state index contributed by atoms with van der Waals surface area (Å²) < 4.78 is 33.0. The largest absolute Gasteiger partial charge is 0.744 e. The molecule has 1 aromatic heterocycles. The van der Waals surface area contributed by atoms with E-state index < -0.39 is 10.1 Å². The van der Waals surface area contributed by atoms with Crippen LogP contribution in [0.2, 0.25) is 0 Å². The van der Waals surface area contributed by atoms with Crippen LogP contribution in [-0.4, -0.2) is 18.1 Å². The summed E-state index contributed by atoms with van der Waals surface area (Å²) in [6.07, 6.45) is 0. The number of aromatic amines is 1. The summed E-state index contributed by atoms with van der Waals surface area (Å²) in [4.78, 5) is -0.178. The van der Waals surface area contributed by atoms with Gasteiger partial charge >= 0.3 is 0 Å². The van der Waals surface area contributed by atoms with E-state index in [4.69, 9.17) is 5.73 Å². The number of nitrogen functional groups attached to an aromatic ring is 1. The maximum absolute atomic E-state index is 10.4. The molecule has 0 spiro atoms. The van der Waals surface area contributed by atoms with E-state index in [1.54, 1.807) is 12.1 Å². The van der Waals surface area contributed by atoms with Gasteiger partial charge in [-0.05, 0) is 31.2 Å². The van der Waals surface area contributed by atoms with Crippen molar-refractivity contribution in [1.29, 1.82) is 0 Å². The summed E-state index contributed by atoms with van der Waals surface area (Å²) in [5.74, 6) is 0.778. The molecule has 0 atom stereocenters. The smallest absolute Gasteiger partial charge is 0.300 e. The highest BCUT2D eigenvalue weighted by Crippen LogP contribution is 2.14. The first-order valence-electron chi connectivity index (χ1n) is 6.54. The number of benzene rings is 2. The predicted molar refractivity (Wildman–Crippen MR) is 83.0 cm³/mol. The van der Waals surface area contributed by atoms with Gasteiger partial charge in [0.05, 0.1) is 15.8 Å². The minimum atomic E-state index is -4.27. The van der Waals surface area contributed by atoms with Crippen LogP contribution in [0.15, 0.2) is 53.4 Å². The summed E-state index contributed by atoms with van der Waals surface area (Å²) in [7, 11) is -2.37. The zero-order chi connectivity index (χ0) is 16.3. The predicted octanol–water partition coefficient (Wildman–Crippen LogP) is 1.47. The van der Waals surface area contributed by atoms with Crippen molar-refractivity contribution in [3.05, 3.63) is 54.1 Å². The van der Waals surface area contributed by atoms with Crippen molar-refractivity contribution in [2.45, 2.75) is 11.8 Å². The van der Waals surface area contributed by atoms with Gasteiger partial charge in [-0.1, -0.05) is 29.8 Å². The number of hydrogen-bond acceptors (Lipinski definition) is 4. The van der Waals surface area contributed by atoms with Gasteiger partial charge in [0.1, 0.15) is 17.2 Å². The summed E-state index contributed by atoms with van der Waals surface area (Å²) in [6, 6.07) is 13.8. The fourth-order valence-corrected chi connectivity index (χ4v) is 2.40. The van der Waals surface area contributed by atoms with Gasteiger partial charge in [-0.25, -0.2) is 13.5 Å². The average Bonchev–Trinajstić information content (AvgIpc) is 2.75. The molecule has 3 rings (SSSR count). The third-order valence-corrected chi connectivity index (χ3v) is 4.01. The number of nitrogens with one attached hydrogen (secondary N) is 1. The second-order valence-corrected chi connectivity index (χ2v) is 6.25. The molecule has 0 amide bonds. The number of nitrogens with zero attached hydrogens (tertiary/aromatic N) is 1. The number of para-hydroxylation sites is 1. The molecule has 0 aliphatic rings. The highest BCUT2D eigenvalue weighted by Gasteiger charge is 2.07. The Morgan fingerprint density at radius 1 is 1.09 bits per heavy atom. The molecule has 2 aromatic carbocycles. The summed E-state index contributed by atoms with van der Waals surface area (Å²) in [5, 5.41) is 4.20. The Hall–Kier alpha value is -2.38. The zero-order valence-electron chi connectivity index (χ0n) is 12.3. The molecule has 22 heavy (non-hydrogen) atoms. The van der Waals surface area contributed by atoms with Crippen LogP contribution < -0.4 is 10.4 Å². The van der Waals surface area contributed by atoms with Gasteiger partial charge in [0.2, 0.25) is 0 Å². The number of H-pyrrole nitrogens is 1. The van der Waals surface area contributed by atoms with Crippen molar-refractivity contribution in [2.75, 3.05) is 5.73 Å². The van der Waals surface area contributed by atoms with E-state index in [-0.39, 0.29) is 4.90 Å². The molecule has 0 saturated carbocycles. The summed E-state index contributed by atoms with van der Waals surface area (Å²) in [5.41, 5.74) is 7.77. The van der Waals surface area contributed by atoms with Crippen LogP contribution in [0, 0.1) is 6.92 Å². The number of nitrogens with two attached hydrogens (primary N) is 1. The molecular formula is C15H17N3O3S. The van der Waals surface area contributed by atoms with Gasteiger partial charge in [0, 0.05) is 0 Å². The first-order chi connectivity index (χ1) is 10.3. The van der Waals surface area contributed by atoms with Gasteiger partial charge < -0.3 is 4.55 Å². The summed E-state index contributed by atoms with van der Waals surface area (Å²) in [6.45, 7) is 1.82. The van der Waals surface area contributed by atoms with Crippen molar-refractivity contribution in [3.8, 4) is 0 Å². The molecule has 0 saturated heterocycles. The SMILES string of the molecule is C[n+]1[nH]c2ccccc2c1N.Cc1ccc(S(=O)(=O)[O-])cc1.